The van der Waals surface area contributed by atoms with Gasteiger partial charge in [0.05, 0.1) is 0 Å². The molecule has 0 unspecified atom stereocenters. The molecule has 1 saturated heterocycles. The van der Waals surface area contributed by atoms with Crippen LogP contribution in [0.5, 0.6) is 0 Å². The predicted octanol–water partition coefficient (Wildman–Crippen LogP) is 0.690. The maximum Gasteiger partial charge on any atom is 0.0342 e. The predicted molar refractivity (Wildman–Crippen MR) is 46.6 cm³/mol. The van der Waals surface area contributed by atoms with E-state index in [-0.39, 0.29) is 0 Å². The Balaban J connectivity index is 1.76. The second-order valence-electron chi connectivity index (χ2n) is 4.54. The molecular weight excluding hydrogens is 136 g/mol. The summed E-state index contributed by atoms with van der Waals surface area (Å²) >= 11 is 0. The minimum absolute atomic E-state index is 0.685. The molecule has 1 heterocycles. The van der Waals surface area contributed by atoms with Crippen molar-refractivity contribution < 1.29 is 0 Å². The highest BCUT2D eigenvalue weighted by molar-refractivity contribution is 4.94. The summed E-state index contributed by atoms with van der Waals surface area (Å²) in [6.07, 6.45) is 2.88. The Kier molecular flexibility index (Phi) is 1.69. The standard InChI is InChI=1S/C9H18N2/c1-9(3-4-9)7-11(2)8-5-10-6-8/h8,10H,3-7H2,1-2H3. The average Bonchev–Trinajstić information content (AvgIpc) is 2.41. The van der Waals surface area contributed by atoms with Gasteiger partial charge >= 0.3 is 0 Å². The molecule has 1 N–H and O–H groups in total. The normalized spacial score (nSPS) is 28.6. The molecule has 0 radical (unpaired) electrons. The third-order valence-corrected chi connectivity index (χ3v) is 3.12. The highest BCUT2D eigenvalue weighted by atomic mass is 15.2. The van der Waals surface area contributed by atoms with Crippen LogP contribution in [0.3, 0.4) is 0 Å². The fourth-order valence-electron chi connectivity index (χ4n) is 1.69. The largest absolute Gasteiger partial charge is 0.314 e. The molecular formula is C9H18N2. The Labute approximate surface area is 69.0 Å². The van der Waals surface area contributed by atoms with Crippen molar-refractivity contribution in [3.8, 4) is 0 Å². The van der Waals surface area contributed by atoms with E-state index in [1.54, 1.807) is 0 Å². The lowest BCUT2D eigenvalue weighted by atomic mass is 10.1. The summed E-state index contributed by atoms with van der Waals surface area (Å²) in [5.41, 5.74) is 0.685. The molecule has 0 atom stereocenters. The summed E-state index contributed by atoms with van der Waals surface area (Å²) in [4.78, 5) is 2.52. The molecule has 2 nitrogen and oxygen atoms in total. The van der Waals surface area contributed by atoms with Gasteiger partial charge in [-0.05, 0) is 25.3 Å². The second-order valence-corrected chi connectivity index (χ2v) is 4.54. The SMILES string of the molecule is CN(CC1(C)CC1)C1CNC1. The van der Waals surface area contributed by atoms with E-state index in [9.17, 15) is 0 Å². The fourth-order valence-corrected chi connectivity index (χ4v) is 1.69. The first-order valence-electron chi connectivity index (χ1n) is 4.61. The molecule has 0 aromatic rings. The van der Waals surface area contributed by atoms with E-state index in [2.05, 4.69) is 24.2 Å². The van der Waals surface area contributed by atoms with Crippen LogP contribution in [0.4, 0.5) is 0 Å². The molecule has 0 aromatic heterocycles. The molecule has 11 heavy (non-hydrogen) atoms. The van der Waals surface area contributed by atoms with Gasteiger partial charge in [-0.1, -0.05) is 6.92 Å². The number of nitrogens with zero attached hydrogens (tertiary/aromatic N) is 1. The van der Waals surface area contributed by atoms with Gasteiger partial charge in [0.1, 0.15) is 0 Å². The molecule has 1 saturated carbocycles. The maximum absolute atomic E-state index is 3.31. The monoisotopic (exact) mass is 154 g/mol. The minimum atomic E-state index is 0.685. The van der Waals surface area contributed by atoms with Crippen LogP contribution in [0, 0.1) is 5.41 Å². The van der Waals surface area contributed by atoms with Gasteiger partial charge in [-0.2, -0.15) is 0 Å². The quantitative estimate of drug-likeness (QED) is 0.643. The molecule has 0 aromatic carbocycles. The summed E-state index contributed by atoms with van der Waals surface area (Å²) in [6, 6.07) is 0.826. The summed E-state index contributed by atoms with van der Waals surface area (Å²) in [6.45, 7) is 6.11. The van der Waals surface area contributed by atoms with Gasteiger partial charge in [0, 0.05) is 25.7 Å². The summed E-state index contributed by atoms with van der Waals surface area (Å²) in [5.74, 6) is 0. The zero-order valence-electron chi connectivity index (χ0n) is 7.56. The van der Waals surface area contributed by atoms with E-state index in [1.807, 2.05) is 0 Å². The zero-order chi connectivity index (χ0) is 7.90. The Morgan fingerprint density at radius 2 is 2.09 bits per heavy atom. The van der Waals surface area contributed by atoms with Crippen LogP contribution < -0.4 is 5.32 Å². The van der Waals surface area contributed by atoms with E-state index in [0.717, 1.165) is 6.04 Å². The van der Waals surface area contributed by atoms with Gasteiger partial charge in [-0.15, -0.1) is 0 Å². The van der Waals surface area contributed by atoms with Crippen molar-refractivity contribution in [3.05, 3.63) is 0 Å². The van der Waals surface area contributed by atoms with Gasteiger partial charge in [0.2, 0.25) is 0 Å². The molecule has 1 aliphatic carbocycles. The lowest BCUT2D eigenvalue weighted by Crippen LogP contribution is -2.56. The van der Waals surface area contributed by atoms with E-state index in [1.165, 1.54) is 32.5 Å². The molecule has 2 rings (SSSR count). The van der Waals surface area contributed by atoms with E-state index < -0.39 is 0 Å². The zero-order valence-corrected chi connectivity index (χ0v) is 7.56. The Bertz CT molecular complexity index is 148. The van der Waals surface area contributed by atoms with Crippen LogP contribution in [0.1, 0.15) is 19.8 Å². The highest BCUT2D eigenvalue weighted by Gasteiger charge is 2.39. The molecule has 0 spiro atoms. The first-order chi connectivity index (χ1) is 5.20. The molecule has 0 bridgehead atoms. The third-order valence-electron chi connectivity index (χ3n) is 3.12. The molecule has 1 aliphatic heterocycles. The van der Waals surface area contributed by atoms with Crippen molar-refractivity contribution in [2.75, 3.05) is 26.7 Å². The first kappa shape index (κ1) is 7.56. The van der Waals surface area contributed by atoms with E-state index in [0.29, 0.717) is 5.41 Å². The van der Waals surface area contributed by atoms with Gasteiger partial charge in [0.15, 0.2) is 0 Å². The smallest absolute Gasteiger partial charge is 0.0342 e. The van der Waals surface area contributed by atoms with Crippen LogP contribution >= 0.6 is 0 Å². The van der Waals surface area contributed by atoms with Crippen molar-refractivity contribution in [3.63, 3.8) is 0 Å². The van der Waals surface area contributed by atoms with Gasteiger partial charge in [0.25, 0.3) is 0 Å². The summed E-state index contributed by atoms with van der Waals surface area (Å²) in [5, 5.41) is 3.31. The Hall–Kier alpha value is -0.0800. The van der Waals surface area contributed by atoms with Crippen LogP contribution in [-0.4, -0.2) is 37.6 Å². The number of nitrogens with one attached hydrogen (secondary N) is 1. The Morgan fingerprint density at radius 1 is 1.45 bits per heavy atom. The van der Waals surface area contributed by atoms with Crippen LogP contribution in [0.2, 0.25) is 0 Å². The van der Waals surface area contributed by atoms with Crippen molar-refractivity contribution in [1.29, 1.82) is 0 Å². The summed E-state index contributed by atoms with van der Waals surface area (Å²) < 4.78 is 0. The van der Waals surface area contributed by atoms with Crippen molar-refractivity contribution in [2.45, 2.75) is 25.8 Å². The van der Waals surface area contributed by atoms with Gasteiger partial charge in [-0.3, -0.25) is 0 Å². The lowest BCUT2D eigenvalue weighted by molar-refractivity contribution is 0.154. The molecule has 2 heteroatoms. The fraction of sp³-hybridized carbons (Fsp3) is 1.00. The van der Waals surface area contributed by atoms with Crippen molar-refractivity contribution >= 4 is 0 Å². The molecule has 64 valence electrons. The Morgan fingerprint density at radius 3 is 2.45 bits per heavy atom. The van der Waals surface area contributed by atoms with E-state index >= 15 is 0 Å². The molecule has 2 fully saturated rings. The third kappa shape index (κ3) is 1.57. The minimum Gasteiger partial charge on any atom is -0.314 e. The van der Waals surface area contributed by atoms with Crippen LogP contribution in [-0.2, 0) is 0 Å². The average molecular weight is 154 g/mol. The molecule has 2 aliphatic rings. The first-order valence-corrected chi connectivity index (χ1v) is 4.61. The van der Waals surface area contributed by atoms with E-state index in [4.69, 9.17) is 0 Å². The van der Waals surface area contributed by atoms with Crippen LogP contribution in [0.25, 0.3) is 0 Å². The second kappa shape index (κ2) is 2.46. The number of hydrogen-bond acceptors (Lipinski definition) is 2. The maximum atomic E-state index is 3.31. The van der Waals surface area contributed by atoms with Crippen molar-refractivity contribution in [1.82, 2.24) is 10.2 Å². The lowest BCUT2D eigenvalue weighted by Gasteiger charge is -2.37. The van der Waals surface area contributed by atoms with Gasteiger partial charge < -0.3 is 10.2 Å². The summed E-state index contributed by atoms with van der Waals surface area (Å²) in [7, 11) is 2.26. The van der Waals surface area contributed by atoms with Gasteiger partial charge in [-0.25, -0.2) is 0 Å². The number of likely N-dealkylation sites (N-methyl/N-ethyl adjacent to an activating group) is 1. The molecule has 0 amide bonds. The highest BCUT2D eigenvalue weighted by Crippen LogP contribution is 2.45. The topological polar surface area (TPSA) is 15.3 Å². The van der Waals surface area contributed by atoms with Crippen LogP contribution in [0.15, 0.2) is 0 Å². The van der Waals surface area contributed by atoms with Crippen molar-refractivity contribution in [2.24, 2.45) is 5.41 Å². The number of hydrogen-bond donors (Lipinski definition) is 1. The number of rotatable bonds is 3.